The molecule has 1 atom stereocenters. The average Bonchev–Trinajstić information content (AvgIpc) is 2.38. The number of nitrogens with one attached hydrogen (secondary N) is 1. The van der Waals surface area contributed by atoms with Gasteiger partial charge in [0, 0.05) is 12.6 Å². The zero-order chi connectivity index (χ0) is 14.3. The molecular formula is C14H19F3N2. The van der Waals surface area contributed by atoms with Crippen LogP contribution >= 0.6 is 0 Å². The summed E-state index contributed by atoms with van der Waals surface area (Å²) in [5.41, 5.74) is 5.17. The molecule has 0 fully saturated rings. The van der Waals surface area contributed by atoms with Crippen LogP contribution in [0.4, 0.5) is 13.2 Å². The molecule has 2 nitrogen and oxygen atoms in total. The first-order valence-electron chi connectivity index (χ1n) is 6.21. The topological polar surface area (TPSA) is 38.0 Å². The summed E-state index contributed by atoms with van der Waals surface area (Å²) in [6.07, 6.45) is 0.273. The van der Waals surface area contributed by atoms with E-state index in [0.717, 1.165) is 12.5 Å². The van der Waals surface area contributed by atoms with Crippen LogP contribution in [0.25, 0.3) is 0 Å². The molecule has 1 unspecified atom stereocenters. The molecule has 1 aromatic rings. The summed E-state index contributed by atoms with van der Waals surface area (Å²) in [6, 6.07) is 5.07. The molecule has 1 aromatic carbocycles. The van der Waals surface area contributed by atoms with Gasteiger partial charge >= 0.3 is 6.18 Å². The van der Waals surface area contributed by atoms with Crippen molar-refractivity contribution in [3.05, 3.63) is 47.5 Å². The van der Waals surface area contributed by atoms with E-state index in [0.29, 0.717) is 6.54 Å². The van der Waals surface area contributed by atoms with Crippen LogP contribution in [0.2, 0.25) is 0 Å². The monoisotopic (exact) mass is 272 g/mol. The number of hydrogen-bond donors (Lipinski definition) is 2. The first-order chi connectivity index (χ1) is 9.00. The average molecular weight is 272 g/mol. The largest absolute Gasteiger partial charge is 0.416 e. The fourth-order valence-corrected chi connectivity index (χ4v) is 1.89. The van der Waals surface area contributed by atoms with Crippen molar-refractivity contribution in [1.82, 2.24) is 5.32 Å². The number of halogens is 3. The molecule has 0 heterocycles. The van der Waals surface area contributed by atoms with Gasteiger partial charge in [-0.25, -0.2) is 0 Å². The fraction of sp³-hybridized carbons (Fsp3) is 0.429. The maximum atomic E-state index is 12.9. The number of benzene rings is 1. The van der Waals surface area contributed by atoms with E-state index in [2.05, 4.69) is 5.32 Å². The van der Waals surface area contributed by atoms with Gasteiger partial charge in [-0.3, -0.25) is 0 Å². The van der Waals surface area contributed by atoms with Gasteiger partial charge in [0.25, 0.3) is 0 Å². The van der Waals surface area contributed by atoms with E-state index in [1.165, 1.54) is 12.1 Å². The van der Waals surface area contributed by atoms with Gasteiger partial charge in [0.05, 0.1) is 5.56 Å². The van der Waals surface area contributed by atoms with Crippen LogP contribution in [0.5, 0.6) is 0 Å². The maximum Gasteiger partial charge on any atom is 0.416 e. The third-order valence-corrected chi connectivity index (χ3v) is 2.81. The molecule has 0 radical (unpaired) electrons. The molecule has 5 heteroatoms. The second-order valence-electron chi connectivity index (χ2n) is 4.19. The van der Waals surface area contributed by atoms with Crippen molar-refractivity contribution in [1.29, 1.82) is 0 Å². The third-order valence-electron chi connectivity index (χ3n) is 2.81. The first-order valence-corrected chi connectivity index (χ1v) is 6.21. The molecule has 106 valence electrons. The number of hydrogen-bond acceptors (Lipinski definition) is 2. The molecular weight excluding hydrogens is 253 g/mol. The predicted octanol–water partition coefficient (Wildman–Crippen LogP) is 3.26. The molecule has 0 bridgehead atoms. The van der Waals surface area contributed by atoms with E-state index >= 15 is 0 Å². The summed E-state index contributed by atoms with van der Waals surface area (Å²) in [5.74, 6) is 0. The molecule has 19 heavy (non-hydrogen) atoms. The molecule has 0 aliphatic heterocycles. The lowest BCUT2D eigenvalue weighted by Gasteiger charge is -2.21. The maximum absolute atomic E-state index is 12.9. The van der Waals surface area contributed by atoms with Gasteiger partial charge < -0.3 is 11.1 Å². The van der Waals surface area contributed by atoms with E-state index in [1.807, 2.05) is 19.1 Å². The van der Waals surface area contributed by atoms with Crippen molar-refractivity contribution in [3.8, 4) is 0 Å². The SMILES string of the molecule is C/C=C/CCNC(CN)c1ccccc1C(F)(F)F. The Balaban J connectivity index is 2.86. The van der Waals surface area contributed by atoms with Gasteiger partial charge in [-0.05, 0) is 31.5 Å². The van der Waals surface area contributed by atoms with Crippen LogP contribution in [-0.2, 0) is 6.18 Å². The molecule has 0 spiro atoms. The van der Waals surface area contributed by atoms with Gasteiger partial charge in [0.2, 0.25) is 0 Å². The number of nitrogens with two attached hydrogens (primary N) is 1. The third kappa shape index (κ3) is 4.69. The summed E-state index contributed by atoms with van der Waals surface area (Å²) in [5, 5.41) is 3.06. The molecule has 0 aliphatic rings. The van der Waals surface area contributed by atoms with E-state index in [9.17, 15) is 13.2 Å². The lowest BCUT2D eigenvalue weighted by molar-refractivity contribution is -0.138. The lowest BCUT2D eigenvalue weighted by Crippen LogP contribution is -2.30. The Morgan fingerprint density at radius 2 is 2.00 bits per heavy atom. The summed E-state index contributed by atoms with van der Waals surface area (Å²) >= 11 is 0. The van der Waals surface area contributed by atoms with E-state index in [1.54, 1.807) is 6.07 Å². The van der Waals surface area contributed by atoms with Crippen molar-refractivity contribution >= 4 is 0 Å². The van der Waals surface area contributed by atoms with Gasteiger partial charge in [-0.15, -0.1) is 0 Å². The van der Waals surface area contributed by atoms with Gasteiger partial charge in [-0.2, -0.15) is 13.2 Å². The highest BCUT2D eigenvalue weighted by Gasteiger charge is 2.34. The summed E-state index contributed by atoms with van der Waals surface area (Å²) in [7, 11) is 0. The van der Waals surface area contributed by atoms with Crippen molar-refractivity contribution in [2.24, 2.45) is 5.73 Å². The minimum atomic E-state index is -4.35. The Morgan fingerprint density at radius 1 is 1.32 bits per heavy atom. The molecule has 1 rings (SSSR count). The van der Waals surface area contributed by atoms with Gasteiger partial charge in [0.15, 0.2) is 0 Å². The summed E-state index contributed by atoms with van der Waals surface area (Å²) in [4.78, 5) is 0. The van der Waals surface area contributed by atoms with Crippen LogP contribution < -0.4 is 11.1 Å². The smallest absolute Gasteiger partial charge is 0.329 e. The Hall–Kier alpha value is -1.33. The number of allylic oxidation sites excluding steroid dienone is 1. The summed E-state index contributed by atoms with van der Waals surface area (Å²) in [6.45, 7) is 2.63. The molecule has 0 aromatic heterocycles. The van der Waals surface area contributed by atoms with Gasteiger partial charge in [0.1, 0.15) is 0 Å². The normalized spacial score (nSPS) is 13.9. The Morgan fingerprint density at radius 3 is 2.58 bits per heavy atom. The standard InChI is InChI=1S/C14H19F3N2/c1-2-3-6-9-19-13(10-18)11-7-4-5-8-12(11)14(15,16)17/h2-5,7-8,13,19H,6,9-10,18H2,1H3/b3-2+. The second kappa shape index (κ2) is 7.31. The van der Waals surface area contributed by atoms with Crippen molar-refractivity contribution in [2.45, 2.75) is 25.6 Å². The van der Waals surface area contributed by atoms with Crippen LogP contribution in [0, 0.1) is 0 Å². The van der Waals surface area contributed by atoms with Crippen molar-refractivity contribution in [2.75, 3.05) is 13.1 Å². The minimum Gasteiger partial charge on any atom is -0.329 e. The minimum absolute atomic E-state index is 0.128. The van der Waals surface area contributed by atoms with Crippen LogP contribution in [-0.4, -0.2) is 13.1 Å². The highest BCUT2D eigenvalue weighted by atomic mass is 19.4. The first kappa shape index (κ1) is 15.7. The van der Waals surface area contributed by atoms with Crippen LogP contribution in [0.15, 0.2) is 36.4 Å². The van der Waals surface area contributed by atoms with Crippen LogP contribution in [0.1, 0.15) is 30.5 Å². The van der Waals surface area contributed by atoms with E-state index < -0.39 is 17.8 Å². The molecule has 0 saturated heterocycles. The predicted molar refractivity (Wildman–Crippen MR) is 70.7 cm³/mol. The quantitative estimate of drug-likeness (QED) is 0.616. The van der Waals surface area contributed by atoms with Crippen molar-refractivity contribution < 1.29 is 13.2 Å². The molecule has 0 aliphatic carbocycles. The highest BCUT2D eigenvalue weighted by Crippen LogP contribution is 2.34. The fourth-order valence-electron chi connectivity index (χ4n) is 1.89. The van der Waals surface area contributed by atoms with Gasteiger partial charge in [-0.1, -0.05) is 30.4 Å². The lowest BCUT2D eigenvalue weighted by atomic mass is 9.99. The Labute approximate surface area is 111 Å². The molecule has 0 saturated carbocycles. The molecule has 0 amide bonds. The zero-order valence-corrected chi connectivity index (χ0v) is 10.9. The molecule has 3 N–H and O–H groups in total. The van der Waals surface area contributed by atoms with Crippen LogP contribution in [0.3, 0.4) is 0 Å². The highest BCUT2D eigenvalue weighted by molar-refractivity contribution is 5.32. The second-order valence-corrected chi connectivity index (χ2v) is 4.19. The van der Waals surface area contributed by atoms with E-state index in [-0.39, 0.29) is 12.1 Å². The Kier molecular flexibility index (Phi) is 6.05. The number of alkyl halides is 3. The Bertz CT molecular complexity index is 413. The number of rotatable bonds is 6. The van der Waals surface area contributed by atoms with E-state index in [4.69, 9.17) is 5.73 Å². The summed E-state index contributed by atoms with van der Waals surface area (Å²) < 4.78 is 38.7. The zero-order valence-electron chi connectivity index (χ0n) is 10.9. The van der Waals surface area contributed by atoms with Crippen molar-refractivity contribution in [3.63, 3.8) is 0 Å².